The maximum atomic E-state index is 8.88. The molecule has 0 amide bonds. The third kappa shape index (κ3) is 2.69. The van der Waals surface area contributed by atoms with Crippen LogP contribution in [-0.2, 0) is 0 Å². The molecule has 13 heavy (non-hydrogen) atoms. The molecule has 2 unspecified atom stereocenters. The molecule has 3 N–H and O–H groups in total. The third-order valence-electron chi connectivity index (χ3n) is 2.23. The lowest BCUT2D eigenvalue weighted by Gasteiger charge is -2.17. The summed E-state index contributed by atoms with van der Waals surface area (Å²) < 4.78 is 0. The number of rotatable bonds is 3. The van der Waals surface area contributed by atoms with Gasteiger partial charge < -0.3 is 10.8 Å². The van der Waals surface area contributed by atoms with E-state index in [4.69, 9.17) is 22.4 Å². The van der Waals surface area contributed by atoms with Crippen molar-refractivity contribution >= 4 is 11.6 Å². The molecule has 1 rings (SSSR count). The molecule has 0 aliphatic rings. The van der Waals surface area contributed by atoms with Crippen LogP contribution in [0.4, 0.5) is 0 Å². The minimum absolute atomic E-state index is 0.00627. The molecule has 0 saturated heterocycles. The quantitative estimate of drug-likeness (QED) is 0.780. The standard InChI is InChI=1S/C10H14ClNO/c1-7(10(12)6-13)8-3-2-4-9(11)5-8/h2-5,7,10,13H,6,12H2,1H3. The number of aliphatic hydroxyl groups is 1. The molecule has 0 heterocycles. The van der Waals surface area contributed by atoms with Crippen molar-refractivity contribution in [2.45, 2.75) is 18.9 Å². The highest BCUT2D eigenvalue weighted by Gasteiger charge is 2.13. The molecule has 0 saturated carbocycles. The SMILES string of the molecule is CC(c1cccc(Cl)c1)C(N)CO. The lowest BCUT2D eigenvalue weighted by molar-refractivity contribution is 0.252. The highest BCUT2D eigenvalue weighted by molar-refractivity contribution is 6.30. The van der Waals surface area contributed by atoms with Crippen molar-refractivity contribution in [3.05, 3.63) is 34.9 Å². The van der Waals surface area contributed by atoms with Crippen LogP contribution in [0, 0.1) is 0 Å². The molecule has 3 heteroatoms. The summed E-state index contributed by atoms with van der Waals surface area (Å²) in [4.78, 5) is 0. The highest BCUT2D eigenvalue weighted by atomic mass is 35.5. The van der Waals surface area contributed by atoms with E-state index in [1.54, 1.807) is 0 Å². The molecule has 0 aliphatic heterocycles. The summed E-state index contributed by atoms with van der Waals surface area (Å²) in [5.74, 6) is 0.128. The number of aliphatic hydroxyl groups excluding tert-OH is 1. The zero-order valence-corrected chi connectivity index (χ0v) is 8.33. The summed E-state index contributed by atoms with van der Waals surface area (Å²) in [5, 5.41) is 9.58. The van der Waals surface area contributed by atoms with Gasteiger partial charge in [-0.15, -0.1) is 0 Å². The Morgan fingerprint density at radius 1 is 1.54 bits per heavy atom. The van der Waals surface area contributed by atoms with Crippen LogP contribution in [0.1, 0.15) is 18.4 Å². The Kier molecular flexibility index (Phi) is 3.72. The summed E-state index contributed by atoms with van der Waals surface area (Å²) in [6, 6.07) is 7.33. The Balaban J connectivity index is 2.82. The third-order valence-corrected chi connectivity index (χ3v) is 2.46. The van der Waals surface area contributed by atoms with E-state index in [0.717, 1.165) is 5.56 Å². The van der Waals surface area contributed by atoms with Gasteiger partial charge in [0.2, 0.25) is 0 Å². The van der Waals surface area contributed by atoms with Gasteiger partial charge in [-0.1, -0.05) is 30.7 Å². The maximum Gasteiger partial charge on any atom is 0.0588 e. The van der Waals surface area contributed by atoms with Gasteiger partial charge in [-0.3, -0.25) is 0 Å². The molecule has 1 aromatic rings. The van der Waals surface area contributed by atoms with Gasteiger partial charge in [-0.2, -0.15) is 0 Å². The zero-order chi connectivity index (χ0) is 9.84. The monoisotopic (exact) mass is 199 g/mol. The van der Waals surface area contributed by atoms with Gasteiger partial charge in [0.25, 0.3) is 0 Å². The van der Waals surface area contributed by atoms with E-state index in [1.807, 2.05) is 31.2 Å². The summed E-state index contributed by atoms with van der Waals surface area (Å²) in [6.45, 7) is 1.97. The van der Waals surface area contributed by atoms with E-state index in [-0.39, 0.29) is 18.6 Å². The van der Waals surface area contributed by atoms with Crippen molar-refractivity contribution in [2.24, 2.45) is 5.73 Å². The molecular formula is C10H14ClNO. The van der Waals surface area contributed by atoms with Crippen LogP contribution in [0.2, 0.25) is 5.02 Å². The molecule has 0 aromatic heterocycles. The first kappa shape index (κ1) is 10.5. The van der Waals surface area contributed by atoms with Gasteiger partial charge in [0.15, 0.2) is 0 Å². The van der Waals surface area contributed by atoms with Crippen LogP contribution in [0.5, 0.6) is 0 Å². The van der Waals surface area contributed by atoms with Gasteiger partial charge in [0, 0.05) is 11.1 Å². The average molecular weight is 200 g/mol. The fourth-order valence-electron chi connectivity index (χ4n) is 1.20. The predicted octanol–water partition coefficient (Wildman–Crippen LogP) is 1.76. The van der Waals surface area contributed by atoms with Crippen LogP contribution in [0.15, 0.2) is 24.3 Å². The van der Waals surface area contributed by atoms with E-state index in [0.29, 0.717) is 5.02 Å². The minimum atomic E-state index is -0.224. The molecule has 0 fully saturated rings. The van der Waals surface area contributed by atoms with Crippen LogP contribution in [-0.4, -0.2) is 17.8 Å². The first-order chi connectivity index (χ1) is 6.15. The number of benzene rings is 1. The molecule has 2 atom stereocenters. The highest BCUT2D eigenvalue weighted by Crippen LogP contribution is 2.20. The van der Waals surface area contributed by atoms with Crippen molar-refractivity contribution in [3.63, 3.8) is 0 Å². The fourth-order valence-corrected chi connectivity index (χ4v) is 1.39. The minimum Gasteiger partial charge on any atom is -0.395 e. The van der Waals surface area contributed by atoms with E-state index in [1.165, 1.54) is 0 Å². The van der Waals surface area contributed by atoms with Crippen LogP contribution >= 0.6 is 11.6 Å². The molecule has 0 radical (unpaired) electrons. The summed E-state index contributed by atoms with van der Waals surface area (Å²) in [5.41, 5.74) is 6.77. The lowest BCUT2D eigenvalue weighted by atomic mass is 9.94. The second-order valence-corrected chi connectivity index (χ2v) is 3.63. The first-order valence-corrected chi connectivity index (χ1v) is 4.65. The Labute approximate surface area is 83.3 Å². The lowest BCUT2D eigenvalue weighted by Crippen LogP contribution is -2.30. The summed E-state index contributed by atoms with van der Waals surface area (Å²) in [6.07, 6.45) is 0. The van der Waals surface area contributed by atoms with E-state index < -0.39 is 0 Å². The average Bonchev–Trinajstić information content (AvgIpc) is 2.15. The second kappa shape index (κ2) is 4.61. The topological polar surface area (TPSA) is 46.2 Å². The van der Waals surface area contributed by atoms with E-state index in [9.17, 15) is 0 Å². The Bertz CT molecular complexity index is 277. The second-order valence-electron chi connectivity index (χ2n) is 3.19. The molecule has 72 valence electrons. The Morgan fingerprint density at radius 3 is 2.77 bits per heavy atom. The van der Waals surface area contributed by atoms with Gasteiger partial charge in [-0.05, 0) is 23.6 Å². The first-order valence-electron chi connectivity index (χ1n) is 4.27. The number of hydrogen-bond donors (Lipinski definition) is 2. The van der Waals surface area contributed by atoms with Gasteiger partial charge >= 0.3 is 0 Å². The van der Waals surface area contributed by atoms with Crippen molar-refractivity contribution in [1.82, 2.24) is 0 Å². The molecular weight excluding hydrogens is 186 g/mol. The Morgan fingerprint density at radius 2 is 2.23 bits per heavy atom. The predicted molar refractivity (Wildman–Crippen MR) is 54.9 cm³/mol. The zero-order valence-electron chi connectivity index (χ0n) is 7.57. The molecule has 0 spiro atoms. The molecule has 0 bridgehead atoms. The van der Waals surface area contributed by atoms with E-state index >= 15 is 0 Å². The maximum absolute atomic E-state index is 8.88. The van der Waals surface area contributed by atoms with Crippen molar-refractivity contribution in [3.8, 4) is 0 Å². The smallest absolute Gasteiger partial charge is 0.0588 e. The number of hydrogen-bond acceptors (Lipinski definition) is 2. The van der Waals surface area contributed by atoms with Crippen LogP contribution in [0.25, 0.3) is 0 Å². The molecule has 2 nitrogen and oxygen atoms in total. The van der Waals surface area contributed by atoms with Crippen LogP contribution in [0.3, 0.4) is 0 Å². The van der Waals surface area contributed by atoms with Gasteiger partial charge in [-0.25, -0.2) is 0 Å². The van der Waals surface area contributed by atoms with Crippen LogP contribution < -0.4 is 5.73 Å². The van der Waals surface area contributed by atoms with Crippen molar-refractivity contribution in [2.75, 3.05) is 6.61 Å². The molecule has 1 aromatic carbocycles. The fraction of sp³-hybridized carbons (Fsp3) is 0.400. The van der Waals surface area contributed by atoms with Gasteiger partial charge in [0.05, 0.1) is 6.61 Å². The Hall–Kier alpha value is -0.570. The van der Waals surface area contributed by atoms with Crippen molar-refractivity contribution in [1.29, 1.82) is 0 Å². The summed E-state index contributed by atoms with van der Waals surface area (Å²) >= 11 is 5.83. The van der Waals surface area contributed by atoms with E-state index in [2.05, 4.69) is 0 Å². The number of halogens is 1. The number of nitrogens with two attached hydrogens (primary N) is 1. The van der Waals surface area contributed by atoms with Crippen molar-refractivity contribution < 1.29 is 5.11 Å². The summed E-state index contributed by atoms with van der Waals surface area (Å²) in [7, 11) is 0. The largest absolute Gasteiger partial charge is 0.395 e. The van der Waals surface area contributed by atoms with Gasteiger partial charge in [0.1, 0.15) is 0 Å². The normalized spacial score (nSPS) is 15.4. The molecule has 0 aliphatic carbocycles.